The molecule has 0 rings (SSSR count). The lowest BCUT2D eigenvalue weighted by Gasteiger charge is -2.37. The first kappa shape index (κ1) is 18.8. The summed E-state index contributed by atoms with van der Waals surface area (Å²) < 4.78 is 5.35. The molecule has 0 aliphatic carbocycles. The van der Waals surface area contributed by atoms with Crippen LogP contribution in [0.5, 0.6) is 0 Å². The van der Waals surface area contributed by atoms with Crippen molar-refractivity contribution in [2.24, 2.45) is 10.8 Å². The summed E-state index contributed by atoms with van der Waals surface area (Å²) in [6.07, 6.45) is 0.568. The fourth-order valence-corrected chi connectivity index (χ4v) is 1.86. The number of alkyl carbamates (subject to hydrolysis) is 1. The van der Waals surface area contributed by atoms with Crippen molar-refractivity contribution in [3.8, 4) is 0 Å². The molecule has 1 amide bonds. The number of amides is 1. The normalized spacial score (nSPS) is 15.0. The van der Waals surface area contributed by atoms with Crippen LogP contribution >= 0.6 is 15.9 Å². The van der Waals surface area contributed by atoms with Crippen LogP contribution in [0.3, 0.4) is 0 Å². The molecule has 0 bridgehead atoms. The Kier molecular flexibility index (Phi) is 6.38. The van der Waals surface area contributed by atoms with Crippen LogP contribution in [0.25, 0.3) is 0 Å². The van der Waals surface area contributed by atoms with E-state index in [1.807, 2.05) is 20.8 Å². The van der Waals surface area contributed by atoms with E-state index in [2.05, 4.69) is 55.9 Å². The maximum absolute atomic E-state index is 11.9. The van der Waals surface area contributed by atoms with Gasteiger partial charge in [-0.05, 0) is 38.0 Å². The molecule has 0 fully saturated rings. The van der Waals surface area contributed by atoms with Crippen LogP contribution in [-0.4, -0.2) is 23.1 Å². The Morgan fingerprint density at radius 3 is 1.89 bits per heavy atom. The van der Waals surface area contributed by atoms with Crippen molar-refractivity contribution in [2.75, 3.05) is 5.33 Å². The quantitative estimate of drug-likeness (QED) is 0.753. The summed E-state index contributed by atoms with van der Waals surface area (Å²) in [6.45, 7) is 16.4. The number of carbonyl (C=O) groups is 1. The second-order valence-corrected chi connectivity index (χ2v) is 8.63. The number of halogens is 1. The van der Waals surface area contributed by atoms with E-state index in [1.165, 1.54) is 0 Å². The average molecular weight is 336 g/mol. The predicted octanol–water partition coefficient (Wildman–Crippen LogP) is 4.74. The van der Waals surface area contributed by atoms with Gasteiger partial charge in [0.2, 0.25) is 0 Å². The van der Waals surface area contributed by atoms with Crippen molar-refractivity contribution >= 4 is 22.0 Å². The molecule has 0 spiro atoms. The Morgan fingerprint density at radius 2 is 1.58 bits per heavy atom. The van der Waals surface area contributed by atoms with Gasteiger partial charge < -0.3 is 10.1 Å². The number of nitrogens with one attached hydrogen (secondary N) is 1. The highest BCUT2D eigenvalue weighted by Crippen LogP contribution is 2.32. The topological polar surface area (TPSA) is 38.3 Å². The SMILES string of the molecule is CC(C)(CBr)CC(NC(=O)OC(C)(C)C)C(C)(C)C. The van der Waals surface area contributed by atoms with Crippen molar-refractivity contribution in [2.45, 2.75) is 73.5 Å². The maximum atomic E-state index is 11.9. The van der Waals surface area contributed by atoms with Gasteiger partial charge in [0.1, 0.15) is 5.60 Å². The molecule has 0 aliphatic rings. The largest absolute Gasteiger partial charge is 0.444 e. The minimum atomic E-state index is -0.461. The molecule has 0 saturated carbocycles. The van der Waals surface area contributed by atoms with Gasteiger partial charge in [0, 0.05) is 11.4 Å². The molecule has 0 heterocycles. The van der Waals surface area contributed by atoms with Gasteiger partial charge in [-0.1, -0.05) is 50.5 Å². The fraction of sp³-hybridized carbons (Fsp3) is 0.933. The lowest BCUT2D eigenvalue weighted by molar-refractivity contribution is 0.0440. The fourth-order valence-electron chi connectivity index (χ4n) is 1.63. The van der Waals surface area contributed by atoms with Gasteiger partial charge in [0.25, 0.3) is 0 Å². The zero-order chi connectivity index (χ0) is 15.5. The summed E-state index contributed by atoms with van der Waals surface area (Å²) >= 11 is 3.54. The minimum absolute atomic E-state index is 0.00363. The zero-order valence-electron chi connectivity index (χ0n) is 13.7. The first-order valence-electron chi connectivity index (χ1n) is 6.82. The van der Waals surface area contributed by atoms with Crippen molar-refractivity contribution in [1.29, 1.82) is 0 Å². The van der Waals surface area contributed by atoms with E-state index < -0.39 is 5.60 Å². The third-order valence-corrected chi connectivity index (χ3v) is 4.37. The molecule has 0 aromatic heterocycles. The molecule has 1 N–H and O–H groups in total. The van der Waals surface area contributed by atoms with Gasteiger partial charge in [-0.25, -0.2) is 4.79 Å². The number of alkyl halides is 1. The molecule has 0 aliphatic heterocycles. The molecule has 0 aromatic carbocycles. The van der Waals surface area contributed by atoms with Crippen LogP contribution in [0.1, 0.15) is 61.8 Å². The Morgan fingerprint density at radius 1 is 1.11 bits per heavy atom. The zero-order valence-corrected chi connectivity index (χ0v) is 15.3. The van der Waals surface area contributed by atoms with Crippen molar-refractivity contribution in [3.05, 3.63) is 0 Å². The monoisotopic (exact) mass is 335 g/mol. The standard InChI is InChI=1S/C15H30BrNO2/c1-13(2,3)11(9-15(7,8)10-16)17-12(18)19-14(4,5)6/h11H,9-10H2,1-8H3,(H,17,18). The molecule has 0 aromatic rings. The number of ether oxygens (including phenoxy) is 1. The van der Waals surface area contributed by atoms with E-state index in [0.29, 0.717) is 0 Å². The third-order valence-electron chi connectivity index (χ3n) is 2.85. The second kappa shape index (κ2) is 6.47. The van der Waals surface area contributed by atoms with Crippen LogP contribution < -0.4 is 5.32 Å². The summed E-state index contributed by atoms with van der Waals surface area (Å²) in [4.78, 5) is 11.9. The van der Waals surface area contributed by atoms with Crippen LogP contribution in [0.2, 0.25) is 0 Å². The van der Waals surface area contributed by atoms with Crippen LogP contribution in [0.4, 0.5) is 4.79 Å². The lowest BCUT2D eigenvalue weighted by Crippen LogP contribution is -2.48. The van der Waals surface area contributed by atoms with E-state index in [0.717, 1.165) is 11.8 Å². The summed E-state index contributed by atoms with van der Waals surface area (Å²) in [6, 6.07) is 0.0786. The molecule has 0 radical (unpaired) electrons. The predicted molar refractivity (Wildman–Crippen MR) is 84.8 cm³/mol. The van der Waals surface area contributed by atoms with E-state index >= 15 is 0 Å². The van der Waals surface area contributed by atoms with E-state index in [1.54, 1.807) is 0 Å². The first-order valence-corrected chi connectivity index (χ1v) is 7.94. The van der Waals surface area contributed by atoms with Gasteiger partial charge >= 0.3 is 6.09 Å². The first-order chi connectivity index (χ1) is 8.27. The van der Waals surface area contributed by atoms with E-state index in [4.69, 9.17) is 4.74 Å². The number of hydrogen-bond donors (Lipinski definition) is 1. The number of rotatable bonds is 4. The van der Waals surface area contributed by atoms with Crippen molar-refractivity contribution in [3.63, 3.8) is 0 Å². The smallest absolute Gasteiger partial charge is 0.407 e. The van der Waals surface area contributed by atoms with Gasteiger partial charge in [0.05, 0.1) is 0 Å². The highest BCUT2D eigenvalue weighted by Gasteiger charge is 2.33. The summed E-state index contributed by atoms with van der Waals surface area (Å²) in [5, 5.41) is 3.93. The van der Waals surface area contributed by atoms with Gasteiger partial charge in [0.15, 0.2) is 0 Å². The third kappa shape index (κ3) is 8.51. The average Bonchev–Trinajstić information content (AvgIpc) is 2.11. The number of hydrogen-bond acceptors (Lipinski definition) is 2. The Bertz CT molecular complexity index is 300. The van der Waals surface area contributed by atoms with E-state index in [-0.39, 0.29) is 23.0 Å². The number of carbonyl (C=O) groups excluding carboxylic acids is 1. The summed E-state index contributed by atoms with van der Waals surface area (Å²) in [7, 11) is 0. The lowest BCUT2D eigenvalue weighted by atomic mass is 9.77. The Balaban J connectivity index is 4.77. The Hall–Kier alpha value is -0.250. The second-order valence-electron chi connectivity index (χ2n) is 8.07. The van der Waals surface area contributed by atoms with E-state index in [9.17, 15) is 4.79 Å². The summed E-state index contributed by atoms with van der Waals surface area (Å²) in [5.74, 6) is 0. The molecule has 1 unspecified atom stereocenters. The molecule has 19 heavy (non-hydrogen) atoms. The van der Waals surface area contributed by atoms with Crippen LogP contribution in [0.15, 0.2) is 0 Å². The van der Waals surface area contributed by atoms with Gasteiger partial charge in [-0.2, -0.15) is 0 Å². The molecule has 4 heteroatoms. The van der Waals surface area contributed by atoms with Gasteiger partial charge in [-0.3, -0.25) is 0 Å². The highest BCUT2D eigenvalue weighted by atomic mass is 79.9. The maximum Gasteiger partial charge on any atom is 0.407 e. The van der Waals surface area contributed by atoms with Crippen LogP contribution in [0, 0.1) is 10.8 Å². The molecule has 0 saturated heterocycles. The van der Waals surface area contributed by atoms with Gasteiger partial charge in [-0.15, -0.1) is 0 Å². The molecule has 114 valence electrons. The Labute approximate surface area is 127 Å². The van der Waals surface area contributed by atoms with Crippen molar-refractivity contribution < 1.29 is 9.53 Å². The van der Waals surface area contributed by atoms with Crippen LogP contribution in [-0.2, 0) is 4.74 Å². The molecule has 3 nitrogen and oxygen atoms in total. The molecular formula is C15H30BrNO2. The summed E-state index contributed by atoms with van der Waals surface area (Å²) in [5.41, 5.74) is -0.333. The highest BCUT2D eigenvalue weighted by molar-refractivity contribution is 9.09. The molecular weight excluding hydrogens is 306 g/mol. The van der Waals surface area contributed by atoms with Crippen molar-refractivity contribution in [1.82, 2.24) is 5.32 Å². The molecule has 1 atom stereocenters. The minimum Gasteiger partial charge on any atom is -0.444 e.